The lowest BCUT2D eigenvalue weighted by molar-refractivity contribution is -0.307. The minimum Gasteiger partial charge on any atom is -0.463 e. The molecule has 4 fully saturated rings. The van der Waals surface area contributed by atoms with E-state index in [-0.39, 0.29) is 26.1 Å². The summed E-state index contributed by atoms with van der Waals surface area (Å²) in [6.07, 6.45) is -21.1. The maximum absolute atomic E-state index is 16.2. The Balaban J connectivity index is 1.46. The van der Waals surface area contributed by atoms with Crippen LogP contribution in [0.3, 0.4) is 0 Å². The molecule has 1 aromatic carbocycles. The standard InChI is InChI=1S/C40H61FN6O17/c1-16(48)53-15-26-34(63-39-29(47)35(57-19(4)51)33(56-18(3)50)25(13-43)60-39)37(58-20(5)52)40(61-26)64-36-30(55-17(2)49)22(44)11-23(45)31(36)62-38-28(46)27(41)32(24(12-42)59-38)54-14-21-9-7-6-8-10-21/h6-10,22-40H,11-15,42-47H2,1-5H3/t22-,23+,24-,25+,26-,27-,28-,29-,30+,31-,32-,33-,34-,35-,36-,37-,38-,39-,40+/m1/s1. The van der Waals surface area contributed by atoms with Crippen molar-refractivity contribution >= 4 is 29.8 Å². The van der Waals surface area contributed by atoms with Crippen LogP contribution in [-0.4, -0.2) is 166 Å². The first-order chi connectivity index (χ1) is 30.3. The number of ether oxygens (including phenoxy) is 12. The van der Waals surface area contributed by atoms with Crippen LogP contribution in [0.4, 0.5) is 4.39 Å². The third-order valence-corrected chi connectivity index (χ3v) is 10.9. The topological polar surface area (TPSA) is 352 Å². The summed E-state index contributed by atoms with van der Waals surface area (Å²) in [5.41, 5.74) is 38.9. The molecule has 19 atom stereocenters. The fourth-order valence-electron chi connectivity index (χ4n) is 8.12. The molecule has 0 amide bonds. The molecular formula is C40H61FN6O17. The van der Waals surface area contributed by atoms with Crippen LogP contribution in [0.25, 0.3) is 0 Å². The highest BCUT2D eigenvalue weighted by Crippen LogP contribution is 2.37. The van der Waals surface area contributed by atoms with Gasteiger partial charge in [-0.3, -0.25) is 24.0 Å². The zero-order valence-corrected chi connectivity index (χ0v) is 36.2. The van der Waals surface area contributed by atoms with Crippen LogP contribution < -0.4 is 34.4 Å². The molecule has 3 saturated heterocycles. The molecule has 4 aliphatic rings. The van der Waals surface area contributed by atoms with E-state index in [4.69, 9.17) is 91.2 Å². The van der Waals surface area contributed by atoms with Crippen LogP contribution in [-0.2, 0) is 87.4 Å². The van der Waals surface area contributed by atoms with Gasteiger partial charge >= 0.3 is 29.8 Å². The van der Waals surface area contributed by atoms with Crippen molar-refractivity contribution in [1.29, 1.82) is 0 Å². The van der Waals surface area contributed by atoms with E-state index in [0.29, 0.717) is 0 Å². The summed E-state index contributed by atoms with van der Waals surface area (Å²) in [6.45, 7) is 4.65. The van der Waals surface area contributed by atoms with E-state index in [0.717, 1.165) is 40.2 Å². The van der Waals surface area contributed by atoms with Crippen molar-refractivity contribution in [2.45, 2.75) is 164 Å². The first-order valence-corrected chi connectivity index (χ1v) is 20.8. The lowest BCUT2D eigenvalue weighted by Crippen LogP contribution is -2.68. The summed E-state index contributed by atoms with van der Waals surface area (Å²) < 4.78 is 87.3. The molecule has 5 rings (SSSR count). The van der Waals surface area contributed by atoms with Crippen molar-refractivity contribution < 1.29 is 85.2 Å². The van der Waals surface area contributed by atoms with Crippen molar-refractivity contribution in [3.8, 4) is 0 Å². The van der Waals surface area contributed by atoms with Crippen LogP contribution in [0.15, 0.2) is 30.3 Å². The molecule has 3 heterocycles. The molecule has 3 aliphatic heterocycles. The molecular weight excluding hydrogens is 855 g/mol. The van der Waals surface area contributed by atoms with Crippen LogP contribution >= 0.6 is 0 Å². The summed E-state index contributed by atoms with van der Waals surface area (Å²) in [7, 11) is 0. The molecule has 1 saturated carbocycles. The van der Waals surface area contributed by atoms with Gasteiger partial charge in [-0.25, -0.2) is 4.39 Å². The zero-order valence-electron chi connectivity index (χ0n) is 36.2. The predicted octanol–water partition coefficient (Wildman–Crippen LogP) is -2.84. The Hall–Kier alpha value is -4.02. The van der Waals surface area contributed by atoms with Crippen LogP contribution in [0, 0.1) is 0 Å². The highest BCUT2D eigenvalue weighted by Gasteiger charge is 2.58. The highest BCUT2D eigenvalue weighted by atomic mass is 19.1. The minimum absolute atomic E-state index is 0.0105. The van der Waals surface area contributed by atoms with Crippen molar-refractivity contribution in [1.82, 2.24) is 0 Å². The van der Waals surface area contributed by atoms with E-state index in [1.165, 1.54) is 0 Å². The molecule has 1 aliphatic carbocycles. The molecule has 1 aromatic rings. The maximum Gasteiger partial charge on any atom is 0.303 e. The molecule has 12 N–H and O–H groups in total. The first kappa shape index (κ1) is 51.0. The molecule has 0 radical (unpaired) electrons. The Kier molecular flexibility index (Phi) is 18.3. The van der Waals surface area contributed by atoms with Gasteiger partial charge in [0.15, 0.2) is 37.2 Å². The number of halogens is 1. The van der Waals surface area contributed by atoms with Crippen molar-refractivity contribution in [3.05, 3.63) is 35.9 Å². The highest BCUT2D eigenvalue weighted by molar-refractivity contribution is 5.68. The number of hydrogen-bond acceptors (Lipinski definition) is 23. The zero-order chi connectivity index (χ0) is 47.0. The van der Waals surface area contributed by atoms with E-state index in [1.807, 2.05) is 18.2 Å². The second kappa shape index (κ2) is 22.9. The number of benzene rings is 1. The number of rotatable bonds is 17. The number of carbonyl (C=O) groups excluding carboxylic acids is 5. The largest absolute Gasteiger partial charge is 0.463 e. The van der Waals surface area contributed by atoms with E-state index in [2.05, 4.69) is 0 Å². The lowest BCUT2D eigenvalue weighted by Gasteiger charge is -2.48. The van der Waals surface area contributed by atoms with Gasteiger partial charge in [-0.05, 0) is 12.0 Å². The van der Waals surface area contributed by atoms with Gasteiger partial charge in [0.05, 0.1) is 18.7 Å². The molecule has 23 nitrogen and oxygen atoms in total. The molecule has 0 spiro atoms. The minimum atomic E-state index is -1.86. The number of nitrogens with two attached hydrogens (primary N) is 6. The van der Waals surface area contributed by atoms with Gasteiger partial charge in [-0.1, -0.05) is 30.3 Å². The van der Waals surface area contributed by atoms with Gasteiger partial charge < -0.3 is 91.2 Å². The van der Waals surface area contributed by atoms with E-state index >= 15 is 4.39 Å². The lowest BCUT2D eigenvalue weighted by atomic mass is 9.84. The molecule has 0 unspecified atom stereocenters. The van der Waals surface area contributed by atoms with Gasteiger partial charge in [-0.2, -0.15) is 0 Å². The first-order valence-electron chi connectivity index (χ1n) is 20.8. The summed E-state index contributed by atoms with van der Waals surface area (Å²) in [5, 5.41) is 0. The number of alkyl halides is 1. The number of carbonyl (C=O) groups is 5. The summed E-state index contributed by atoms with van der Waals surface area (Å²) in [5.74, 6) is -3.89. The molecule has 0 bridgehead atoms. The monoisotopic (exact) mass is 916 g/mol. The third-order valence-electron chi connectivity index (χ3n) is 10.9. The Morgan fingerprint density at radius 3 is 1.62 bits per heavy atom. The van der Waals surface area contributed by atoms with E-state index < -0.39 is 153 Å². The SMILES string of the molecule is CC(=O)OC[C@H]1O[C@@H](O[C@@H]2[C@@H](OC(C)=O)[C@H](N)C[C@H](N)[C@H]2O[C@H]2O[C@H](CN)[C@@H](OCc3ccccc3)[C@H](F)[C@H]2N)[C@H](OC(C)=O)[C@@H]1O[C@H]1O[C@@H](CN)[C@@H](OC(C)=O)[C@H](OC(C)=O)[C@H]1N. The molecule has 0 aromatic heterocycles. The van der Waals surface area contributed by atoms with E-state index in [9.17, 15) is 24.0 Å². The van der Waals surface area contributed by atoms with Crippen molar-refractivity contribution in [2.75, 3.05) is 19.7 Å². The van der Waals surface area contributed by atoms with Gasteiger partial charge in [-0.15, -0.1) is 0 Å². The summed E-state index contributed by atoms with van der Waals surface area (Å²) in [6, 6.07) is 4.23. The number of hydrogen-bond donors (Lipinski definition) is 6. The quantitative estimate of drug-likeness (QED) is 0.0677. The van der Waals surface area contributed by atoms with E-state index in [1.54, 1.807) is 12.1 Å². The molecule has 64 heavy (non-hydrogen) atoms. The maximum atomic E-state index is 16.2. The molecule has 24 heteroatoms. The fourth-order valence-corrected chi connectivity index (χ4v) is 8.12. The van der Waals surface area contributed by atoms with Crippen LogP contribution in [0.5, 0.6) is 0 Å². The van der Waals surface area contributed by atoms with Gasteiger partial charge in [0.1, 0.15) is 61.6 Å². The smallest absolute Gasteiger partial charge is 0.303 e. The van der Waals surface area contributed by atoms with Crippen LogP contribution in [0.1, 0.15) is 46.6 Å². The second-order valence-electron chi connectivity index (χ2n) is 15.9. The average molecular weight is 917 g/mol. The Bertz CT molecular complexity index is 1740. The predicted molar refractivity (Wildman–Crippen MR) is 214 cm³/mol. The average Bonchev–Trinajstić information content (AvgIpc) is 3.53. The number of esters is 5. The summed E-state index contributed by atoms with van der Waals surface area (Å²) >= 11 is 0. The van der Waals surface area contributed by atoms with Gasteiger partial charge in [0.25, 0.3) is 0 Å². The second-order valence-corrected chi connectivity index (χ2v) is 15.9. The Morgan fingerprint density at radius 1 is 0.562 bits per heavy atom. The molecule has 360 valence electrons. The fraction of sp³-hybridized carbons (Fsp3) is 0.725. The third kappa shape index (κ3) is 12.7. The van der Waals surface area contributed by atoms with Gasteiger partial charge in [0, 0.05) is 59.8 Å². The van der Waals surface area contributed by atoms with Crippen molar-refractivity contribution in [3.63, 3.8) is 0 Å². The Morgan fingerprint density at radius 2 is 1.05 bits per heavy atom. The van der Waals surface area contributed by atoms with Crippen molar-refractivity contribution in [2.24, 2.45) is 34.4 Å². The Labute approximate surface area is 368 Å². The normalized spacial score (nSPS) is 38.7. The van der Waals surface area contributed by atoms with Gasteiger partial charge in [0.2, 0.25) is 0 Å². The van der Waals surface area contributed by atoms with Crippen LogP contribution in [0.2, 0.25) is 0 Å². The summed E-state index contributed by atoms with van der Waals surface area (Å²) in [4.78, 5) is 61.7.